The average Bonchev–Trinajstić information content (AvgIpc) is 2.90. The Kier molecular flexibility index (Phi) is 9.84. The lowest BCUT2D eigenvalue weighted by molar-refractivity contribution is -0.140. The topological polar surface area (TPSA) is 86.8 Å². The Bertz CT molecular complexity index is 1370. The van der Waals surface area contributed by atoms with Crippen LogP contribution in [-0.2, 0) is 26.2 Å². The van der Waals surface area contributed by atoms with Crippen molar-refractivity contribution in [1.82, 2.24) is 10.2 Å². The lowest BCUT2D eigenvalue weighted by atomic mass is 10.1. The van der Waals surface area contributed by atoms with Crippen LogP contribution in [0.3, 0.4) is 0 Å². The molecule has 0 saturated heterocycles. The van der Waals surface area contributed by atoms with E-state index in [0.717, 1.165) is 4.31 Å². The molecule has 0 saturated carbocycles. The minimum Gasteiger partial charge on any atom is -0.357 e. The van der Waals surface area contributed by atoms with Gasteiger partial charge >= 0.3 is 0 Å². The van der Waals surface area contributed by atoms with E-state index in [1.54, 1.807) is 49.4 Å². The van der Waals surface area contributed by atoms with E-state index >= 15 is 0 Å². The van der Waals surface area contributed by atoms with E-state index in [1.165, 1.54) is 42.3 Å². The third kappa shape index (κ3) is 6.76. The molecular weight excluding hydrogens is 557 g/mol. The van der Waals surface area contributed by atoms with Gasteiger partial charge in [-0.1, -0.05) is 78.1 Å². The van der Waals surface area contributed by atoms with Gasteiger partial charge in [-0.2, -0.15) is 0 Å². The number of hydrogen-bond donors (Lipinski definition) is 1. The van der Waals surface area contributed by atoms with Gasteiger partial charge in [-0.25, -0.2) is 8.42 Å². The molecule has 0 heterocycles. The first-order valence-corrected chi connectivity index (χ1v) is 13.9. The number of nitrogens with one attached hydrogen (secondary N) is 1. The van der Waals surface area contributed by atoms with Crippen molar-refractivity contribution in [3.8, 4) is 0 Å². The minimum atomic E-state index is -4.19. The smallest absolute Gasteiger partial charge is 0.264 e. The minimum absolute atomic E-state index is 0.00499. The van der Waals surface area contributed by atoms with Gasteiger partial charge in [0.15, 0.2) is 0 Å². The number of amides is 2. The van der Waals surface area contributed by atoms with Gasteiger partial charge in [0, 0.05) is 18.6 Å². The molecule has 1 N–H and O–H groups in total. The number of halogens is 3. The zero-order chi connectivity index (χ0) is 27.2. The fraction of sp³-hybridized carbons (Fsp3) is 0.231. The molecule has 0 unspecified atom stereocenters. The van der Waals surface area contributed by atoms with Crippen LogP contribution in [0.2, 0.25) is 15.1 Å². The Balaban J connectivity index is 2.09. The highest BCUT2D eigenvalue weighted by molar-refractivity contribution is 7.92. The van der Waals surface area contributed by atoms with Crippen molar-refractivity contribution in [2.45, 2.75) is 30.8 Å². The molecule has 0 aliphatic rings. The Morgan fingerprint density at radius 3 is 2.14 bits per heavy atom. The molecule has 3 rings (SSSR count). The number of anilines is 1. The number of sulfonamides is 1. The fourth-order valence-corrected chi connectivity index (χ4v) is 5.70. The third-order valence-corrected chi connectivity index (χ3v) is 8.63. The van der Waals surface area contributed by atoms with Gasteiger partial charge in [0.05, 0.1) is 20.6 Å². The van der Waals surface area contributed by atoms with Crippen molar-refractivity contribution >= 4 is 62.3 Å². The van der Waals surface area contributed by atoms with Gasteiger partial charge in [0.2, 0.25) is 11.8 Å². The highest BCUT2D eigenvalue weighted by atomic mass is 35.5. The predicted molar refractivity (Wildman–Crippen MR) is 148 cm³/mol. The number of carbonyl (C=O) groups excluding carboxylic acids is 2. The molecule has 2 amide bonds. The van der Waals surface area contributed by atoms with E-state index in [4.69, 9.17) is 34.8 Å². The number of carbonyl (C=O) groups is 2. The zero-order valence-corrected chi connectivity index (χ0v) is 23.3. The first kappa shape index (κ1) is 28.8. The quantitative estimate of drug-likeness (QED) is 0.347. The van der Waals surface area contributed by atoms with Crippen LogP contribution in [0.15, 0.2) is 77.7 Å². The molecule has 0 radical (unpaired) electrons. The van der Waals surface area contributed by atoms with Gasteiger partial charge in [-0.15, -0.1) is 0 Å². The molecule has 196 valence electrons. The summed E-state index contributed by atoms with van der Waals surface area (Å²) in [4.78, 5) is 27.9. The summed E-state index contributed by atoms with van der Waals surface area (Å²) in [5.41, 5.74) is 0.768. The van der Waals surface area contributed by atoms with Crippen LogP contribution >= 0.6 is 34.8 Å². The number of benzene rings is 3. The van der Waals surface area contributed by atoms with Crippen LogP contribution in [0.1, 0.15) is 18.9 Å². The lowest BCUT2D eigenvalue weighted by Gasteiger charge is -2.33. The van der Waals surface area contributed by atoms with Gasteiger partial charge in [0.1, 0.15) is 12.6 Å². The molecule has 0 aliphatic carbocycles. The van der Waals surface area contributed by atoms with E-state index in [9.17, 15) is 18.0 Å². The number of hydrogen-bond acceptors (Lipinski definition) is 4. The molecule has 0 spiro atoms. The molecule has 3 aromatic carbocycles. The summed E-state index contributed by atoms with van der Waals surface area (Å²) in [6, 6.07) is 18.1. The van der Waals surface area contributed by atoms with Gasteiger partial charge in [-0.05, 0) is 48.4 Å². The summed E-state index contributed by atoms with van der Waals surface area (Å²) < 4.78 is 28.4. The number of likely N-dealkylation sites (N-methyl/N-ethyl adjacent to an activating group) is 1. The van der Waals surface area contributed by atoms with E-state index in [2.05, 4.69) is 5.32 Å². The number of nitrogens with zero attached hydrogens (tertiary/aromatic N) is 2. The Morgan fingerprint density at radius 2 is 1.54 bits per heavy atom. The lowest BCUT2D eigenvalue weighted by Crippen LogP contribution is -2.51. The molecular formula is C26H26Cl3N3O4S. The second-order valence-electron chi connectivity index (χ2n) is 8.07. The highest BCUT2D eigenvalue weighted by Gasteiger charge is 2.33. The summed E-state index contributed by atoms with van der Waals surface area (Å²) >= 11 is 18.6. The largest absolute Gasteiger partial charge is 0.357 e. The zero-order valence-electron chi connectivity index (χ0n) is 20.2. The molecule has 11 heteroatoms. The second-order valence-corrected chi connectivity index (χ2v) is 11.2. The van der Waals surface area contributed by atoms with Crippen LogP contribution in [0.4, 0.5) is 5.69 Å². The maximum atomic E-state index is 13.8. The van der Waals surface area contributed by atoms with Gasteiger partial charge in [0.25, 0.3) is 10.0 Å². The van der Waals surface area contributed by atoms with Gasteiger partial charge < -0.3 is 10.2 Å². The standard InChI is InChI=1S/C26H26Cl3N3O4S/c1-3-24(26(34)30-2)31(16-18-9-7-8-12-21(18)27)25(33)17-32(19-13-14-22(28)23(29)15-19)37(35,36)20-10-5-4-6-11-20/h4-15,24H,3,16-17H2,1-2H3,(H,30,34)/t24-/m0/s1. The predicted octanol–water partition coefficient (Wildman–Crippen LogP) is 5.40. The molecule has 0 aromatic heterocycles. The summed E-state index contributed by atoms with van der Waals surface area (Å²) in [5, 5.41) is 3.36. The second kappa shape index (κ2) is 12.6. The summed E-state index contributed by atoms with van der Waals surface area (Å²) in [5.74, 6) is -0.976. The van der Waals surface area contributed by atoms with E-state index in [-0.39, 0.29) is 33.1 Å². The van der Waals surface area contributed by atoms with E-state index in [1.807, 2.05) is 0 Å². The Morgan fingerprint density at radius 1 is 0.892 bits per heavy atom. The maximum absolute atomic E-state index is 13.8. The average molecular weight is 583 g/mol. The van der Waals surface area contributed by atoms with Crippen molar-refractivity contribution in [2.24, 2.45) is 0 Å². The third-order valence-electron chi connectivity index (χ3n) is 5.73. The normalized spacial score (nSPS) is 12.0. The molecule has 3 aromatic rings. The van der Waals surface area contributed by atoms with Crippen LogP contribution in [-0.4, -0.2) is 44.8 Å². The van der Waals surface area contributed by atoms with Crippen molar-refractivity contribution in [3.05, 3.63) is 93.4 Å². The molecule has 0 fully saturated rings. The molecule has 1 atom stereocenters. The fourth-order valence-electron chi connectivity index (χ4n) is 3.78. The first-order valence-electron chi connectivity index (χ1n) is 11.4. The van der Waals surface area contributed by atoms with Crippen molar-refractivity contribution in [2.75, 3.05) is 17.9 Å². The molecule has 7 nitrogen and oxygen atoms in total. The number of rotatable bonds is 10. The maximum Gasteiger partial charge on any atom is 0.264 e. The first-order chi connectivity index (χ1) is 17.6. The van der Waals surface area contributed by atoms with Crippen LogP contribution in [0.5, 0.6) is 0 Å². The highest BCUT2D eigenvalue weighted by Crippen LogP contribution is 2.31. The molecule has 0 bridgehead atoms. The van der Waals surface area contributed by atoms with Crippen molar-refractivity contribution in [1.29, 1.82) is 0 Å². The molecule has 37 heavy (non-hydrogen) atoms. The Hall–Kier alpha value is -2.78. The van der Waals surface area contributed by atoms with E-state index < -0.39 is 28.5 Å². The van der Waals surface area contributed by atoms with Crippen LogP contribution in [0.25, 0.3) is 0 Å². The van der Waals surface area contributed by atoms with Crippen molar-refractivity contribution < 1.29 is 18.0 Å². The summed E-state index contributed by atoms with van der Waals surface area (Å²) in [6.45, 7) is 1.18. The van der Waals surface area contributed by atoms with Crippen LogP contribution in [0, 0.1) is 0 Å². The van der Waals surface area contributed by atoms with Gasteiger partial charge in [-0.3, -0.25) is 13.9 Å². The monoisotopic (exact) mass is 581 g/mol. The van der Waals surface area contributed by atoms with Crippen LogP contribution < -0.4 is 9.62 Å². The summed E-state index contributed by atoms with van der Waals surface area (Å²) in [7, 11) is -2.72. The summed E-state index contributed by atoms with van der Waals surface area (Å²) in [6.07, 6.45) is 0.300. The Labute approximate surface area is 232 Å². The molecule has 0 aliphatic heterocycles. The van der Waals surface area contributed by atoms with E-state index in [0.29, 0.717) is 17.0 Å². The SMILES string of the molecule is CC[C@@H](C(=O)NC)N(Cc1ccccc1Cl)C(=O)CN(c1ccc(Cl)c(Cl)c1)S(=O)(=O)c1ccccc1. The van der Waals surface area contributed by atoms with Crippen molar-refractivity contribution in [3.63, 3.8) is 0 Å².